The van der Waals surface area contributed by atoms with Crippen molar-refractivity contribution in [1.82, 2.24) is 9.62 Å². The van der Waals surface area contributed by atoms with Crippen molar-refractivity contribution in [2.75, 3.05) is 31.1 Å². The number of rotatable bonds is 6. The third-order valence-electron chi connectivity index (χ3n) is 5.71. The van der Waals surface area contributed by atoms with Gasteiger partial charge in [0.15, 0.2) is 0 Å². The van der Waals surface area contributed by atoms with Gasteiger partial charge in [0.1, 0.15) is 0 Å². The third kappa shape index (κ3) is 4.89. The molecule has 1 fully saturated rings. The minimum Gasteiger partial charge on any atom is -0.312 e. The molecule has 27 heavy (non-hydrogen) atoms. The highest BCUT2D eigenvalue weighted by Crippen LogP contribution is 2.29. The second kappa shape index (κ2) is 8.71. The number of aryl methyl sites for hydroxylation is 1. The summed E-state index contributed by atoms with van der Waals surface area (Å²) in [6.07, 6.45) is 6.24. The molecule has 0 aliphatic carbocycles. The standard InChI is InChI=1S/C20H31N3O3S/c1-16-7-3-4-12-22(16)13-6-11-21-27(25,26)19-9-10-20-18(15-19)8-5-14-23(20)17(2)24/h9-10,15-16,21H,3-8,11-14H2,1-2H3. The van der Waals surface area contributed by atoms with Gasteiger partial charge in [-0.3, -0.25) is 4.79 Å². The second-order valence-corrected chi connectivity index (χ2v) is 9.46. The van der Waals surface area contributed by atoms with E-state index in [0.717, 1.165) is 43.6 Å². The van der Waals surface area contributed by atoms with Crippen molar-refractivity contribution >= 4 is 21.6 Å². The Kier molecular flexibility index (Phi) is 6.55. The Morgan fingerprint density at radius 1 is 1.22 bits per heavy atom. The summed E-state index contributed by atoms with van der Waals surface area (Å²) in [4.78, 5) is 16.2. The lowest BCUT2D eigenvalue weighted by atomic mass is 10.0. The number of hydrogen-bond donors (Lipinski definition) is 1. The van der Waals surface area contributed by atoms with E-state index in [-0.39, 0.29) is 10.8 Å². The molecular formula is C20H31N3O3S. The SMILES string of the molecule is CC(=O)N1CCCc2cc(S(=O)(=O)NCCCN3CCCCC3C)ccc21. The summed E-state index contributed by atoms with van der Waals surface area (Å²) in [5, 5.41) is 0. The van der Waals surface area contributed by atoms with Crippen molar-refractivity contribution in [2.45, 2.75) is 63.3 Å². The van der Waals surface area contributed by atoms with Gasteiger partial charge in [-0.2, -0.15) is 0 Å². The lowest BCUT2D eigenvalue weighted by molar-refractivity contribution is -0.116. The average Bonchev–Trinajstić information content (AvgIpc) is 2.65. The zero-order valence-electron chi connectivity index (χ0n) is 16.4. The number of fused-ring (bicyclic) bond motifs is 1. The molecule has 2 aliphatic rings. The van der Waals surface area contributed by atoms with Gasteiger partial charge in [0.25, 0.3) is 0 Å². The molecule has 1 aromatic rings. The average molecular weight is 394 g/mol. The van der Waals surface area contributed by atoms with Gasteiger partial charge in [0, 0.05) is 31.7 Å². The molecule has 0 spiro atoms. The number of carbonyl (C=O) groups excluding carboxylic acids is 1. The fourth-order valence-electron chi connectivity index (χ4n) is 4.13. The van der Waals surface area contributed by atoms with E-state index in [1.54, 1.807) is 30.0 Å². The van der Waals surface area contributed by atoms with Crippen LogP contribution >= 0.6 is 0 Å². The van der Waals surface area contributed by atoms with Gasteiger partial charge in [-0.25, -0.2) is 13.1 Å². The molecule has 0 saturated carbocycles. The Balaban J connectivity index is 1.59. The van der Waals surface area contributed by atoms with Crippen molar-refractivity contribution in [3.8, 4) is 0 Å². The van der Waals surface area contributed by atoms with E-state index in [0.29, 0.717) is 19.1 Å². The predicted molar refractivity (Wildman–Crippen MR) is 107 cm³/mol. The molecule has 6 nitrogen and oxygen atoms in total. The zero-order valence-corrected chi connectivity index (χ0v) is 17.2. The van der Waals surface area contributed by atoms with Gasteiger partial charge >= 0.3 is 0 Å². The highest BCUT2D eigenvalue weighted by molar-refractivity contribution is 7.89. The topological polar surface area (TPSA) is 69.7 Å². The molecule has 3 rings (SSSR count). The van der Waals surface area contributed by atoms with Crippen LogP contribution in [0.4, 0.5) is 5.69 Å². The quantitative estimate of drug-likeness (QED) is 0.754. The number of piperidine rings is 1. The molecule has 0 bridgehead atoms. The molecule has 0 aromatic heterocycles. The molecule has 2 heterocycles. The van der Waals surface area contributed by atoms with Crippen LogP contribution in [-0.2, 0) is 21.2 Å². The Morgan fingerprint density at radius 2 is 2.04 bits per heavy atom. The van der Waals surface area contributed by atoms with Crippen LogP contribution in [-0.4, -0.2) is 51.4 Å². The molecule has 1 aromatic carbocycles. The maximum atomic E-state index is 12.6. The van der Waals surface area contributed by atoms with E-state index < -0.39 is 10.0 Å². The molecule has 7 heteroatoms. The van der Waals surface area contributed by atoms with E-state index in [2.05, 4.69) is 16.5 Å². The summed E-state index contributed by atoms with van der Waals surface area (Å²) in [6, 6.07) is 5.69. The third-order valence-corrected chi connectivity index (χ3v) is 7.17. The van der Waals surface area contributed by atoms with Crippen LogP contribution in [0, 0.1) is 0 Å². The number of sulfonamides is 1. The number of amides is 1. The van der Waals surface area contributed by atoms with Crippen molar-refractivity contribution in [1.29, 1.82) is 0 Å². The van der Waals surface area contributed by atoms with Crippen LogP contribution < -0.4 is 9.62 Å². The Labute approximate surface area is 163 Å². The van der Waals surface area contributed by atoms with Gasteiger partial charge in [-0.1, -0.05) is 6.42 Å². The van der Waals surface area contributed by atoms with E-state index >= 15 is 0 Å². The van der Waals surface area contributed by atoms with E-state index in [1.165, 1.54) is 19.3 Å². The van der Waals surface area contributed by atoms with Crippen LogP contribution in [0.3, 0.4) is 0 Å². The van der Waals surface area contributed by atoms with Gasteiger partial charge in [0.2, 0.25) is 15.9 Å². The van der Waals surface area contributed by atoms with Crippen molar-refractivity contribution < 1.29 is 13.2 Å². The molecule has 1 N–H and O–H groups in total. The fourth-order valence-corrected chi connectivity index (χ4v) is 5.25. The van der Waals surface area contributed by atoms with Crippen molar-refractivity contribution in [2.24, 2.45) is 0 Å². The number of likely N-dealkylation sites (tertiary alicyclic amines) is 1. The number of benzene rings is 1. The molecule has 2 aliphatic heterocycles. The molecular weight excluding hydrogens is 362 g/mol. The maximum Gasteiger partial charge on any atom is 0.240 e. The summed E-state index contributed by atoms with van der Waals surface area (Å²) in [5.41, 5.74) is 1.77. The number of nitrogens with one attached hydrogen (secondary N) is 1. The van der Waals surface area contributed by atoms with Gasteiger partial charge < -0.3 is 9.80 Å². The van der Waals surface area contributed by atoms with Crippen molar-refractivity contribution in [3.63, 3.8) is 0 Å². The Morgan fingerprint density at radius 3 is 2.78 bits per heavy atom. The van der Waals surface area contributed by atoms with Crippen LogP contribution in [0.15, 0.2) is 23.1 Å². The van der Waals surface area contributed by atoms with Crippen molar-refractivity contribution in [3.05, 3.63) is 23.8 Å². The highest BCUT2D eigenvalue weighted by Gasteiger charge is 2.23. The normalized spacial score (nSPS) is 21.1. The number of carbonyl (C=O) groups is 1. The van der Waals surface area contributed by atoms with Crippen LogP contribution in [0.5, 0.6) is 0 Å². The number of nitrogens with zero attached hydrogens (tertiary/aromatic N) is 2. The van der Waals surface area contributed by atoms with E-state index in [1.807, 2.05) is 0 Å². The van der Waals surface area contributed by atoms with E-state index in [4.69, 9.17) is 0 Å². The first-order valence-corrected chi connectivity index (χ1v) is 11.5. The molecule has 1 atom stereocenters. The minimum absolute atomic E-state index is 0.00313. The number of hydrogen-bond acceptors (Lipinski definition) is 4. The summed E-state index contributed by atoms with van der Waals surface area (Å²) in [5.74, 6) is -0.00313. The fraction of sp³-hybridized carbons (Fsp3) is 0.650. The van der Waals surface area contributed by atoms with Crippen LogP contribution in [0.1, 0.15) is 51.5 Å². The van der Waals surface area contributed by atoms with Gasteiger partial charge in [-0.15, -0.1) is 0 Å². The second-order valence-electron chi connectivity index (χ2n) is 7.70. The first kappa shape index (κ1) is 20.3. The summed E-state index contributed by atoms with van der Waals surface area (Å²) in [7, 11) is -3.52. The maximum absolute atomic E-state index is 12.6. The lowest BCUT2D eigenvalue weighted by Crippen LogP contribution is -2.39. The smallest absolute Gasteiger partial charge is 0.240 e. The highest BCUT2D eigenvalue weighted by atomic mass is 32.2. The monoisotopic (exact) mass is 393 g/mol. The van der Waals surface area contributed by atoms with Gasteiger partial charge in [-0.05, 0) is 75.9 Å². The van der Waals surface area contributed by atoms with Crippen LogP contribution in [0.2, 0.25) is 0 Å². The molecule has 150 valence electrons. The largest absolute Gasteiger partial charge is 0.312 e. The summed E-state index contributed by atoms with van der Waals surface area (Å²) in [6.45, 7) is 6.99. The molecule has 1 saturated heterocycles. The zero-order chi connectivity index (χ0) is 19.4. The molecule has 1 amide bonds. The predicted octanol–water partition coefficient (Wildman–Crippen LogP) is 2.53. The first-order valence-electron chi connectivity index (χ1n) is 10.0. The summed E-state index contributed by atoms with van der Waals surface area (Å²) >= 11 is 0. The first-order chi connectivity index (χ1) is 12.9. The Hall–Kier alpha value is -1.44. The molecule has 1 unspecified atom stereocenters. The van der Waals surface area contributed by atoms with E-state index in [9.17, 15) is 13.2 Å². The van der Waals surface area contributed by atoms with Gasteiger partial charge in [0.05, 0.1) is 4.90 Å². The lowest BCUT2D eigenvalue weighted by Gasteiger charge is -2.33. The summed E-state index contributed by atoms with van der Waals surface area (Å²) < 4.78 is 28.0. The molecule has 0 radical (unpaired) electrons. The van der Waals surface area contributed by atoms with Crippen LogP contribution in [0.25, 0.3) is 0 Å². The number of anilines is 1. The Bertz CT molecular complexity index is 779. The minimum atomic E-state index is -3.52.